The third-order valence-corrected chi connectivity index (χ3v) is 3.07. The van der Waals surface area contributed by atoms with Crippen LogP contribution in [0.4, 0.5) is 13.2 Å². The molecule has 0 saturated carbocycles. The van der Waals surface area contributed by atoms with E-state index in [1.165, 1.54) is 18.2 Å². The van der Waals surface area contributed by atoms with Crippen molar-refractivity contribution in [3.63, 3.8) is 0 Å². The maximum atomic E-state index is 13.1. The van der Waals surface area contributed by atoms with Crippen molar-refractivity contribution in [1.82, 2.24) is 0 Å². The van der Waals surface area contributed by atoms with Gasteiger partial charge < -0.3 is 0 Å². The molecule has 2 aromatic rings. The highest BCUT2D eigenvalue weighted by Gasteiger charge is 2.20. The van der Waals surface area contributed by atoms with Gasteiger partial charge in [-0.05, 0) is 24.3 Å². The Morgan fingerprint density at radius 1 is 0.947 bits per heavy atom. The molecule has 0 aromatic heterocycles. The number of ketones is 1. The molecule has 19 heavy (non-hydrogen) atoms. The second kappa shape index (κ2) is 5.23. The summed E-state index contributed by atoms with van der Waals surface area (Å²) in [5.74, 6) is -5.33. The van der Waals surface area contributed by atoms with Crippen LogP contribution in [0.1, 0.15) is 15.9 Å². The Morgan fingerprint density at radius 2 is 1.42 bits per heavy atom. The van der Waals surface area contributed by atoms with Gasteiger partial charge in [0.15, 0.2) is 23.2 Å². The van der Waals surface area contributed by atoms with Gasteiger partial charge in [0.05, 0.1) is 15.6 Å². The Labute approximate surface area is 116 Å². The van der Waals surface area contributed by atoms with Crippen molar-refractivity contribution >= 4 is 29.0 Å². The van der Waals surface area contributed by atoms with Gasteiger partial charge in [0.2, 0.25) is 0 Å². The number of hydrogen-bond acceptors (Lipinski definition) is 1. The normalized spacial score (nSPS) is 10.6. The highest BCUT2D eigenvalue weighted by molar-refractivity contribution is 6.41. The van der Waals surface area contributed by atoms with Crippen LogP contribution in [0, 0.1) is 17.5 Å². The smallest absolute Gasteiger partial charge is 0.196 e. The molecule has 0 fully saturated rings. The molecule has 0 atom stereocenters. The van der Waals surface area contributed by atoms with Gasteiger partial charge in [-0.1, -0.05) is 29.3 Å². The molecule has 1 nitrogen and oxygen atoms in total. The van der Waals surface area contributed by atoms with E-state index in [2.05, 4.69) is 0 Å². The molecule has 0 bridgehead atoms. The Bertz CT molecular complexity index is 628. The monoisotopic (exact) mass is 304 g/mol. The van der Waals surface area contributed by atoms with Gasteiger partial charge in [-0.25, -0.2) is 13.2 Å². The first kappa shape index (κ1) is 13.9. The van der Waals surface area contributed by atoms with Crippen molar-refractivity contribution in [2.75, 3.05) is 0 Å². The second-order valence-electron chi connectivity index (χ2n) is 3.68. The van der Waals surface area contributed by atoms with E-state index in [1.54, 1.807) is 0 Å². The summed E-state index contributed by atoms with van der Waals surface area (Å²) in [5, 5.41) is 0.0882. The summed E-state index contributed by atoms with van der Waals surface area (Å²) in [5.41, 5.74) is -0.456. The van der Waals surface area contributed by atoms with E-state index in [4.69, 9.17) is 23.2 Å². The van der Waals surface area contributed by atoms with Crippen LogP contribution in [0.15, 0.2) is 30.3 Å². The molecule has 0 aliphatic rings. The zero-order valence-electron chi connectivity index (χ0n) is 9.18. The first-order chi connectivity index (χ1) is 8.91. The van der Waals surface area contributed by atoms with E-state index in [0.29, 0.717) is 12.1 Å². The molecule has 0 heterocycles. The molecule has 98 valence electrons. The summed E-state index contributed by atoms with van der Waals surface area (Å²) in [6.07, 6.45) is 0. The quantitative estimate of drug-likeness (QED) is 0.583. The van der Waals surface area contributed by atoms with E-state index in [-0.39, 0.29) is 21.2 Å². The number of carbonyl (C=O) groups excluding carboxylic acids is 1. The number of rotatable bonds is 2. The van der Waals surface area contributed by atoms with Gasteiger partial charge in [0.1, 0.15) is 0 Å². The lowest BCUT2D eigenvalue weighted by molar-refractivity contribution is 0.103. The summed E-state index contributed by atoms with van der Waals surface area (Å²) < 4.78 is 39.0. The highest BCUT2D eigenvalue weighted by Crippen LogP contribution is 2.27. The van der Waals surface area contributed by atoms with Crippen LogP contribution in [0.2, 0.25) is 10.0 Å². The molecule has 2 aromatic carbocycles. The number of carbonyl (C=O) groups is 1. The topological polar surface area (TPSA) is 17.1 Å². The van der Waals surface area contributed by atoms with Crippen molar-refractivity contribution < 1.29 is 18.0 Å². The average molecular weight is 305 g/mol. The molecular formula is C13H5Cl2F3O. The standard InChI is InChI=1S/C13H5Cl2F3O/c14-7-2-1-3-8(15)11(7)13(19)6-4-9(16)12(18)10(17)5-6/h1-5H. The van der Waals surface area contributed by atoms with E-state index in [0.717, 1.165) is 0 Å². The lowest BCUT2D eigenvalue weighted by atomic mass is 10.0. The molecule has 0 saturated heterocycles. The minimum Gasteiger partial charge on any atom is -0.288 e. The molecule has 2 rings (SSSR count). The second-order valence-corrected chi connectivity index (χ2v) is 4.49. The van der Waals surface area contributed by atoms with Crippen molar-refractivity contribution in [1.29, 1.82) is 0 Å². The molecule has 0 radical (unpaired) electrons. The van der Waals surface area contributed by atoms with Crippen LogP contribution in [0.5, 0.6) is 0 Å². The van der Waals surface area contributed by atoms with Gasteiger partial charge in [-0.2, -0.15) is 0 Å². The minimum absolute atomic E-state index is 0.0441. The van der Waals surface area contributed by atoms with Crippen molar-refractivity contribution in [3.8, 4) is 0 Å². The number of hydrogen-bond donors (Lipinski definition) is 0. The third-order valence-electron chi connectivity index (χ3n) is 2.44. The first-order valence-electron chi connectivity index (χ1n) is 5.05. The molecule has 0 amide bonds. The van der Waals surface area contributed by atoms with Crippen LogP contribution < -0.4 is 0 Å². The fourth-order valence-corrected chi connectivity index (χ4v) is 2.11. The summed E-state index contributed by atoms with van der Waals surface area (Å²) in [7, 11) is 0. The minimum atomic E-state index is -1.64. The fraction of sp³-hybridized carbons (Fsp3) is 0. The van der Waals surface area contributed by atoms with E-state index < -0.39 is 23.2 Å². The number of halogens is 5. The van der Waals surface area contributed by atoms with Crippen LogP contribution in [0.3, 0.4) is 0 Å². The van der Waals surface area contributed by atoms with Gasteiger partial charge in [0.25, 0.3) is 0 Å². The summed E-state index contributed by atoms with van der Waals surface area (Å²) in [6, 6.07) is 5.54. The number of benzene rings is 2. The Morgan fingerprint density at radius 3 is 1.89 bits per heavy atom. The summed E-state index contributed by atoms with van der Waals surface area (Å²) >= 11 is 11.6. The van der Waals surface area contributed by atoms with E-state index in [1.807, 2.05) is 0 Å². The van der Waals surface area contributed by atoms with Crippen LogP contribution in [-0.2, 0) is 0 Å². The molecule has 0 unspecified atom stereocenters. The molecule has 6 heteroatoms. The van der Waals surface area contributed by atoms with Crippen LogP contribution >= 0.6 is 23.2 Å². The zero-order valence-corrected chi connectivity index (χ0v) is 10.7. The Hall–Kier alpha value is -1.52. The molecule has 0 spiro atoms. The Balaban J connectivity index is 2.57. The van der Waals surface area contributed by atoms with E-state index >= 15 is 0 Å². The highest BCUT2D eigenvalue weighted by atomic mass is 35.5. The van der Waals surface area contributed by atoms with Crippen LogP contribution in [0.25, 0.3) is 0 Å². The molecular weight excluding hydrogens is 300 g/mol. The average Bonchev–Trinajstić information content (AvgIpc) is 2.35. The molecule has 0 aliphatic heterocycles. The van der Waals surface area contributed by atoms with Gasteiger partial charge in [-0.3, -0.25) is 4.79 Å². The van der Waals surface area contributed by atoms with Gasteiger partial charge in [0, 0.05) is 5.56 Å². The van der Waals surface area contributed by atoms with E-state index in [9.17, 15) is 18.0 Å². The van der Waals surface area contributed by atoms with Crippen molar-refractivity contribution in [3.05, 3.63) is 69.0 Å². The van der Waals surface area contributed by atoms with Gasteiger partial charge in [-0.15, -0.1) is 0 Å². The maximum absolute atomic E-state index is 13.1. The van der Waals surface area contributed by atoms with Crippen molar-refractivity contribution in [2.24, 2.45) is 0 Å². The predicted molar refractivity (Wildman–Crippen MR) is 66.2 cm³/mol. The third kappa shape index (κ3) is 2.60. The first-order valence-corrected chi connectivity index (χ1v) is 5.80. The Kier molecular flexibility index (Phi) is 3.83. The lowest BCUT2D eigenvalue weighted by Gasteiger charge is -2.06. The lowest BCUT2D eigenvalue weighted by Crippen LogP contribution is -2.06. The molecule has 0 aliphatic carbocycles. The largest absolute Gasteiger partial charge is 0.288 e. The summed E-state index contributed by atoms with van der Waals surface area (Å²) in [6.45, 7) is 0. The van der Waals surface area contributed by atoms with Gasteiger partial charge >= 0.3 is 0 Å². The predicted octanol–water partition coefficient (Wildman–Crippen LogP) is 4.64. The fourth-order valence-electron chi connectivity index (χ4n) is 1.55. The zero-order chi connectivity index (χ0) is 14.2. The van der Waals surface area contributed by atoms with Crippen molar-refractivity contribution in [2.45, 2.75) is 0 Å². The molecule has 0 N–H and O–H groups in total. The SMILES string of the molecule is O=C(c1cc(F)c(F)c(F)c1)c1c(Cl)cccc1Cl. The van der Waals surface area contributed by atoms with Crippen LogP contribution in [-0.4, -0.2) is 5.78 Å². The summed E-state index contributed by atoms with van der Waals surface area (Å²) in [4.78, 5) is 12.1. The maximum Gasteiger partial charge on any atom is 0.196 e.